The van der Waals surface area contributed by atoms with Gasteiger partial charge in [-0.05, 0) is 36.8 Å². The number of rotatable bonds is 6. The Kier molecular flexibility index (Phi) is 6.76. The number of nitrogens with one attached hydrogen (secondary N) is 2. The van der Waals surface area contributed by atoms with Crippen molar-refractivity contribution in [3.8, 4) is 17.2 Å². The molecule has 2 rings (SSSR count). The van der Waals surface area contributed by atoms with Crippen LogP contribution >= 0.6 is 0 Å². The summed E-state index contributed by atoms with van der Waals surface area (Å²) in [5.74, 6) is -0.370. The molecule has 0 saturated heterocycles. The van der Waals surface area contributed by atoms with Crippen molar-refractivity contribution in [1.82, 2.24) is 5.43 Å². The summed E-state index contributed by atoms with van der Waals surface area (Å²) in [7, 11) is 4.49. The topological polar surface area (TPSA) is 98.2 Å². The molecule has 2 N–H and O–H groups in total. The van der Waals surface area contributed by atoms with Crippen LogP contribution in [-0.4, -0.2) is 39.4 Å². The molecule has 2 aromatic rings. The molecule has 2 aromatic carbocycles. The molecule has 8 nitrogen and oxygen atoms in total. The van der Waals surface area contributed by atoms with Crippen molar-refractivity contribution in [2.45, 2.75) is 6.92 Å². The first-order valence-electron chi connectivity index (χ1n) is 7.99. The summed E-state index contributed by atoms with van der Waals surface area (Å²) in [6.07, 6.45) is 1.36. The SMILES string of the molecule is COc1cc(/C=N/NC(=O)C(=O)Nc2cccc(C)c2)cc(OC)c1OC. The average Bonchev–Trinajstić information content (AvgIpc) is 2.66. The molecule has 0 fully saturated rings. The third kappa shape index (κ3) is 5.21. The minimum absolute atomic E-state index is 0.443. The van der Waals surface area contributed by atoms with E-state index in [-0.39, 0.29) is 0 Å². The van der Waals surface area contributed by atoms with Crippen LogP contribution in [-0.2, 0) is 9.59 Å². The zero-order valence-corrected chi connectivity index (χ0v) is 15.5. The van der Waals surface area contributed by atoms with Gasteiger partial charge in [-0.15, -0.1) is 0 Å². The van der Waals surface area contributed by atoms with Gasteiger partial charge in [0.05, 0.1) is 27.5 Å². The van der Waals surface area contributed by atoms with Gasteiger partial charge >= 0.3 is 11.8 Å². The fraction of sp³-hybridized carbons (Fsp3) is 0.211. The van der Waals surface area contributed by atoms with E-state index in [2.05, 4.69) is 15.8 Å². The number of hydrazone groups is 1. The van der Waals surface area contributed by atoms with Crippen LogP contribution in [0.3, 0.4) is 0 Å². The molecule has 0 aliphatic carbocycles. The lowest BCUT2D eigenvalue weighted by molar-refractivity contribution is -0.136. The van der Waals surface area contributed by atoms with Gasteiger partial charge in [0, 0.05) is 11.3 Å². The summed E-state index contributed by atoms with van der Waals surface area (Å²) < 4.78 is 15.7. The summed E-state index contributed by atoms with van der Waals surface area (Å²) in [6, 6.07) is 10.4. The number of amides is 2. The van der Waals surface area contributed by atoms with Gasteiger partial charge in [0.25, 0.3) is 0 Å². The quantitative estimate of drug-likeness (QED) is 0.460. The third-order valence-electron chi connectivity index (χ3n) is 3.55. The number of hydrogen-bond acceptors (Lipinski definition) is 6. The van der Waals surface area contributed by atoms with Crippen molar-refractivity contribution in [1.29, 1.82) is 0 Å². The molecule has 0 saturated carbocycles. The Morgan fingerprint density at radius 3 is 2.19 bits per heavy atom. The highest BCUT2D eigenvalue weighted by Gasteiger charge is 2.14. The van der Waals surface area contributed by atoms with Gasteiger partial charge in [-0.25, -0.2) is 5.43 Å². The minimum Gasteiger partial charge on any atom is -0.493 e. The van der Waals surface area contributed by atoms with E-state index in [1.807, 2.05) is 13.0 Å². The minimum atomic E-state index is -0.889. The molecule has 2 amide bonds. The smallest absolute Gasteiger partial charge is 0.329 e. The molecule has 0 aromatic heterocycles. The maximum atomic E-state index is 11.9. The highest BCUT2D eigenvalue weighted by atomic mass is 16.5. The van der Waals surface area contributed by atoms with E-state index >= 15 is 0 Å². The van der Waals surface area contributed by atoms with Crippen molar-refractivity contribution in [3.05, 3.63) is 47.5 Å². The summed E-state index contributed by atoms with van der Waals surface area (Å²) in [5.41, 5.74) is 4.26. The number of benzene rings is 2. The van der Waals surface area contributed by atoms with E-state index in [1.165, 1.54) is 27.5 Å². The summed E-state index contributed by atoms with van der Waals surface area (Å²) in [4.78, 5) is 23.8. The Bertz CT molecular complexity index is 839. The number of anilines is 1. The van der Waals surface area contributed by atoms with E-state index in [4.69, 9.17) is 14.2 Å². The van der Waals surface area contributed by atoms with Gasteiger partial charge in [-0.1, -0.05) is 12.1 Å². The van der Waals surface area contributed by atoms with Crippen LogP contribution in [0, 0.1) is 6.92 Å². The predicted molar refractivity (Wildman–Crippen MR) is 102 cm³/mol. The maximum absolute atomic E-state index is 11.9. The first-order chi connectivity index (χ1) is 13.0. The van der Waals surface area contributed by atoms with E-state index in [1.54, 1.807) is 30.3 Å². The number of aryl methyl sites for hydroxylation is 1. The molecule has 27 heavy (non-hydrogen) atoms. The van der Waals surface area contributed by atoms with E-state index < -0.39 is 11.8 Å². The average molecular weight is 371 g/mol. The molecular weight excluding hydrogens is 350 g/mol. The first kappa shape index (κ1) is 19.8. The molecule has 0 spiro atoms. The molecule has 0 bridgehead atoms. The number of methoxy groups -OCH3 is 3. The number of ether oxygens (including phenoxy) is 3. The Morgan fingerprint density at radius 1 is 0.963 bits per heavy atom. The van der Waals surface area contributed by atoms with Crippen molar-refractivity contribution in [2.24, 2.45) is 5.10 Å². The Hall–Kier alpha value is -3.55. The number of nitrogens with zero attached hydrogens (tertiary/aromatic N) is 1. The van der Waals surface area contributed by atoms with Crippen molar-refractivity contribution in [2.75, 3.05) is 26.6 Å². The Morgan fingerprint density at radius 2 is 1.63 bits per heavy atom. The molecule has 142 valence electrons. The second-order valence-electron chi connectivity index (χ2n) is 5.48. The predicted octanol–water partition coefficient (Wildman–Crippen LogP) is 2.11. The first-order valence-corrected chi connectivity index (χ1v) is 7.99. The molecule has 0 atom stereocenters. The van der Waals surface area contributed by atoms with Crippen LogP contribution < -0.4 is 25.0 Å². The van der Waals surface area contributed by atoms with Crippen molar-refractivity contribution < 1.29 is 23.8 Å². The van der Waals surface area contributed by atoms with Crippen LogP contribution in [0.15, 0.2) is 41.5 Å². The lowest BCUT2D eigenvalue weighted by atomic mass is 10.2. The van der Waals surface area contributed by atoms with Crippen LogP contribution in [0.2, 0.25) is 0 Å². The molecule has 0 unspecified atom stereocenters. The molecule has 0 aliphatic rings. The zero-order chi connectivity index (χ0) is 19.8. The van der Waals surface area contributed by atoms with Gasteiger partial charge in [0.15, 0.2) is 11.5 Å². The zero-order valence-electron chi connectivity index (χ0n) is 15.5. The number of hydrogen-bond donors (Lipinski definition) is 2. The van der Waals surface area contributed by atoms with Crippen LogP contribution in [0.1, 0.15) is 11.1 Å². The highest BCUT2D eigenvalue weighted by molar-refractivity contribution is 6.39. The van der Waals surface area contributed by atoms with Crippen molar-refractivity contribution in [3.63, 3.8) is 0 Å². The summed E-state index contributed by atoms with van der Waals surface area (Å²) in [6.45, 7) is 1.89. The van der Waals surface area contributed by atoms with Gasteiger partial charge in [-0.3, -0.25) is 9.59 Å². The second kappa shape index (κ2) is 9.23. The van der Waals surface area contributed by atoms with Gasteiger partial charge in [0.2, 0.25) is 5.75 Å². The van der Waals surface area contributed by atoms with Crippen molar-refractivity contribution >= 4 is 23.7 Å². The molecule has 0 radical (unpaired) electrons. The van der Waals surface area contributed by atoms with Gasteiger partial charge in [0.1, 0.15) is 0 Å². The van der Waals surface area contributed by atoms with Crippen LogP contribution in [0.25, 0.3) is 0 Å². The normalized spacial score (nSPS) is 10.4. The Balaban J connectivity index is 2.03. The summed E-state index contributed by atoms with van der Waals surface area (Å²) >= 11 is 0. The second-order valence-corrected chi connectivity index (χ2v) is 5.48. The van der Waals surface area contributed by atoms with E-state index in [9.17, 15) is 9.59 Å². The van der Waals surface area contributed by atoms with E-state index in [0.717, 1.165) is 5.56 Å². The van der Waals surface area contributed by atoms with Crippen LogP contribution in [0.5, 0.6) is 17.2 Å². The number of carbonyl (C=O) groups is 2. The highest BCUT2D eigenvalue weighted by Crippen LogP contribution is 2.37. The molecular formula is C19H21N3O5. The Labute approximate surface area is 157 Å². The lowest BCUT2D eigenvalue weighted by Crippen LogP contribution is -2.32. The van der Waals surface area contributed by atoms with Crippen LogP contribution in [0.4, 0.5) is 5.69 Å². The molecule has 0 aliphatic heterocycles. The third-order valence-corrected chi connectivity index (χ3v) is 3.55. The standard InChI is InChI=1S/C19H21N3O5/c1-12-6-5-7-14(8-12)21-18(23)19(24)22-20-11-13-9-15(25-2)17(27-4)16(10-13)26-3/h5-11H,1-4H3,(H,21,23)(H,22,24)/b20-11+. The number of carbonyl (C=O) groups excluding carboxylic acids is 2. The molecule has 8 heteroatoms. The van der Waals surface area contributed by atoms with Gasteiger partial charge in [-0.2, -0.15) is 5.10 Å². The fourth-order valence-corrected chi connectivity index (χ4v) is 2.30. The fourth-order valence-electron chi connectivity index (χ4n) is 2.30. The van der Waals surface area contributed by atoms with Gasteiger partial charge < -0.3 is 19.5 Å². The summed E-state index contributed by atoms with van der Waals surface area (Å²) in [5, 5.41) is 6.29. The maximum Gasteiger partial charge on any atom is 0.329 e. The lowest BCUT2D eigenvalue weighted by Gasteiger charge is -2.12. The van der Waals surface area contributed by atoms with E-state index in [0.29, 0.717) is 28.5 Å². The largest absolute Gasteiger partial charge is 0.493 e. The monoisotopic (exact) mass is 371 g/mol. The molecule has 0 heterocycles.